The molecule has 0 bridgehead atoms. The van der Waals surface area contributed by atoms with Gasteiger partial charge in [0.15, 0.2) is 0 Å². The monoisotopic (exact) mass is 234 g/mol. The molecule has 0 fully saturated rings. The van der Waals surface area contributed by atoms with Gasteiger partial charge in [0.1, 0.15) is 0 Å². The molecule has 0 heterocycles. The van der Waals surface area contributed by atoms with Crippen molar-refractivity contribution in [3.05, 3.63) is 28.6 Å². The van der Waals surface area contributed by atoms with Gasteiger partial charge in [-0.15, -0.1) is 5.54 Å². The van der Waals surface area contributed by atoms with E-state index < -0.39 is 0 Å². The zero-order valence-electron chi connectivity index (χ0n) is 12.2. The zero-order chi connectivity index (χ0) is 12.9. The molecule has 2 atom stereocenters. The lowest BCUT2D eigenvalue weighted by atomic mass is 9.74. The molecule has 17 heavy (non-hydrogen) atoms. The van der Waals surface area contributed by atoms with Gasteiger partial charge in [0.2, 0.25) is 0 Å². The molecule has 1 heteroatoms. The third kappa shape index (κ3) is 4.31. The normalized spacial score (nSPS) is 23.8. The highest BCUT2D eigenvalue weighted by molar-refractivity contribution is 5.13. The van der Waals surface area contributed by atoms with Crippen molar-refractivity contribution in [2.75, 3.05) is 7.05 Å². The molecule has 0 saturated carbocycles. The lowest BCUT2D eigenvalue weighted by molar-refractivity contribution is 0.291. The average molecular weight is 234 g/mol. The van der Waals surface area contributed by atoms with Crippen LogP contribution in [0.25, 0.3) is 5.32 Å². The van der Waals surface area contributed by atoms with Gasteiger partial charge >= 0.3 is 0 Å². The summed E-state index contributed by atoms with van der Waals surface area (Å²) < 4.78 is 0. The van der Waals surface area contributed by atoms with Crippen LogP contribution in [0, 0.1) is 5.92 Å². The Balaban J connectivity index is 2.58. The van der Waals surface area contributed by atoms with E-state index in [1.54, 1.807) is 5.57 Å². The van der Waals surface area contributed by atoms with E-state index in [9.17, 15) is 0 Å². The van der Waals surface area contributed by atoms with Crippen molar-refractivity contribution in [2.45, 2.75) is 65.3 Å². The maximum atomic E-state index is 4.71. The molecule has 0 radical (unpaired) electrons. The molecule has 0 aromatic carbocycles. The fraction of sp³-hybridized carbons (Fsp3) is 0.750. The summed E-state index contributed by atoms with van der Waals surface area (Å²) >= 11 is 0. The molecule has 0 unspecified atom stereocenters. The quantitative estimate of drug-likeness (QED) is 0.577. The summed E-state index contributed by atoms with van der Waals surface area (Å²) in [6.45, 7) is 8.94. The standard InChI is InChI=1S/C16H28N/c1-13(2)7-6-12-16(4,17-5)15-10-8-14(3)9-11-15/h7-8,15H,6,9-12H2,1-5H3/q-1/t15-,16-/m0/s1. The lowest BCUT2D eigenvalue weighted by Gasteiger charge is -2.49. The summed E-state index contributed by atoms with van der Waals surface area (Å²) in [4.78, 5) is 0. The van der Waals surface area contributed by atoms with Crippen LogP contribution in [0.5, 0.6) is 0 Å². The van der Waals surface area contributed by atoms with E-state index in [-0.39, 0.29) is 5.54 Å². The maximum Gasteiger partial charge on any atom is -0.0321 e. The Labute approximate surface area is 107 Å². The van der Waals surface area contributed by atoms with Crippen LogP contribution < -0.4 is 0 Å². The van der Waals surface area contributed by atoms with E-state index in [4.69, 9.17) is 5.32 Å². The molecule has 0 amide bonds. The van der Waals surface area contributed by atoms with Crippen molar-refractivity contribution in [2.24, 2.45) is 5.92 Å². The van der Waals surface area contributed by atoms with Gasteiger partial charge in [0, 0.05) is 0 Å². The number of allylic oxidation sites excluding steroid dienone is 4. The fourth-order valence-corrected chi connectivity index (χ4v) is 2.68. The molecular weight excluding hydrogens is 206 g/mol. The van der Waals surface area contributed by atoms with Crippen LogP contribution in [0.1, 0.15) is 59.8 Å². The summed E-state index contributed by atoms with van der Waals surface area (Å²) in [5, 5.41) is 4.71. The lowest BCUT2D eigenvalue weighted by Crippen LogP contribution is -2.34. The Bertz CT molecular complexity index is 297. The van der Waals surface area contributed by atoms with E-state index in [1.165, 1.54) is 31.3 Å². The summed E-state index contributed by atoms with van der Waals surface area (Å²) in [5.41, 5.74) is 3.15. The predicted molar refractivity (Wildman–Crippen MR) is 77.5 cm³/mol. The van der Waals surface area contributed by atoms with E-state index in [2.05, 4.69) is 39.8 Å². The van der Waals surface area contributed by atoms with Crippen LogP contribution in [0.3, 0.4) is 0 Å². The molecule has 0 aliphatic heterocycles. The highest BCUT2D eigenvalue weighted by Gasteiger charge is 2.25. The van der Waals surface area contributed by atoms with Crippen LogP contribution in [0.15, 0.2) is 23.3 Å². The Morgan fingerprint density at radius 3 is 2.71 bits per heavy atom. The van der Waals surface area contributed by atoms with Gasteiger partial charge in [0.05, 0.1) is 0 Å². The number of hydrogen-bond acceptors (Lipinski definition) is 0. The molecular formula is C16H28N-. The second kappa shape index (κ2) is 6.39. The Morgan fingerprint density at radius 2 is 2.24 bits per heavy atom. The second-order valence-electron chi connectivity index (χ2n) is 5.92. The molecule has 1 aliphatic rings. The molecule has 1 rings (SSSR count). The molecule has 0 saturated heterocycles. The molecule has 1 nitrogen and oxygen atoms in total. The summed E-state index contributed by atoms with van der Waals surface area (Å²) in [7, 11) is 1.99. The Hall–Kier alpha value is -0.560. The molecule has 0 N–H and O–H groups in total. The maximum absolute atomic E-state index is 4.71. The Morgan fingerprint density at radius 1 is 1.53 bits per heavy atom. The van der Waals surface area contributed by atoms with E-state index >= 15 is 0 Å². The van der Waals surface area contributed by atoms with Crippen LogP contribution in [-0.4, -0.2) is 12.6 Å². The average Bonchev–Trinajstić information content (AvgIpc) is 2.29. The van der Waals surface area contributed by atoms with Crippen molar-refractivity contribution in [3.8, 4) is 0 Å². The summed E-state index contributed by atoms with van der Waals surface area (Å²) in [5.74, 6) is 0.738. The van der Waals surface area contributed by atoms with Crippen LogP contribution in [0.2, 0.25) is 0 Å². The summed E-state index contributed by atoms with van der Waals surface area (Å²) in [6.07, 6.45) is 10.9. The number of rotatable bonds is 5. The van der Waals surface area contributed by atoms with Gasteiger partial charge in [-0.05, 0) is 46.5 Å². The van der Waals surface area contributed by atoms with Gasteiger partial charge in [-0.25, -0.2) is 0 Å². The fourth-order valence-electron chi connectivity index (χ4n) is 2.68. The van der Waals surface area contributed by atoms with Crippen LogP contribution in [0.4, 0.5) is 0 Å². The van der Waals surface area contributed by atoms with Crippen molar-refractivity contribution in [1.29, 1.82) is 0 Å². The zero-order valence-corrected chi connectivity index (χ0v) is 12.2. The first-order valence-corrected chi connectivity index (χ1v) is 6.88. The predicted octanol–water partition coefficient (Wildman–Crippen LogP) is 5.24. The van der Waals surface area contributed by atoms with Gasteiger partial charge < -0.3 is 5.32 Å². The SMILES string of the molecule is C[N-][C@@](C)(CCC=C(C)C)[C@H]1CC=C(C)CC1. The van der Waals surface area contributed by atoms with Crippen molar-refractivity contribution in [1.82, 2.24) is 0 Å². The number of nitrogens with zero attached hydrogens (tertiary/aromatic N) is 1. The van der Waals surface area contributed by atoms with E-state index in [1.807, 2.05) is 7.05 Å². The molecule has 0 aromatic rings. The topological polar surface area (TPSA) is 14.1 Å². The van der Waals surface area contributed by atoms with Gasteiger partial charge in [-0.3, -0.25) is 0 Å². The molecule has 0 spiro atoms. The van der Waals surface area contributed by atoms with Gasteiger partial charge in [0.25, 0.3) is 0 Å². The smallest absolute Gasteiger partial charge is 0.0321 e. The molecule has 0 aromatic heterocycles. The largest absolute Gasteiger partial charge is 0.659 e. The van der Waals surface area contributed by atoms with E-state index in [0.29, 0.717) is 0 Å². The number of hydrogen-bond donors (Lipinski definition) is 0. The summed E-state index contributed by atoms with van der Waals surface area (Å²) in [6, 6.07) is 0. The minimum atomic E-state index is 0.170. The first-order chi connectivity index (χ1) is 7.98. The third-order valence-corrected chi connectivity index (χ3v) is 4.23. The van der Waals surface area contributed by atoms with E-state index in [0.717, 1.165) is 12.3 Å². The van der Waals surface area contributed by atoms with Crippen molar-refractivity contribution in [3.63, 3.8) is 0 Å². The second-order valence-corrected chi connectivity index (χ2v) is 5.92. The minimum Gasteiger partial charge on any atom is -0.659 e. The highest BCUT2D eigenvalue weighted by Crippen LogP contribution is 2.39. The minimum absolute atomic E-state index is 0.170. The van der Waals surface area contributed by atoms with Gasteiger partial charge in [-0.1, -0.05) is 42.6 Å². The Kier molecular flexibility index (Phi) is 5.45. The van der Waals surface area contributed by atoms with Crippen molar-refractivity contribution < 1.29 is 0 Å². The van der Waals surface area contributed by atoms with Crippen LogP contribution >= 0.6 is 0 Å². The van der Waals surface area contributed by atoms with Gasteiger partial charge in [-0.2, -0.15) is 7.05 Å². The van der Waals surface area contributed by atoms with Crippen LogP contribution in [-0.2, 0) is 0 Å². The first-order valence-electron chi connectivity index (χ1n) is 6.88. The molecule has 1 aliphatic carbocycles. The van der Waals surface area contributed by atoms with Crippen molar-refractivity contribution >= 4 is 0 Å². The highest BCUT2D eigenvalue weighted by atomic mass is 14.9. The first kappa shape index (κ1) is 14.5. The molecule has 98 valence electrons. The third-order valence-electron chi connectivity index (χ3n) is 4.23.